The van der Waals surface area contributed by atoms with E-state index in [2.05, 4.69) is 151 Å². The number of hydrogen-bond donors (Lipinski definition) is 6. The van der Waals surface area contributed by atoms with Gasteiger partial charge in [-0.05, 0) is 104 Å². The highest BCUT2D eigenvalue weighted by molar-refractivity contribution is 6.12. The molecule has 9 aromatic heterocycles. The molecule has 0 radical (unpaired) electrons. The zero-order chi connectivity index (χ0) is 89.7. The molecule has 4 aliphatic heterocycles. The molecule has 2 amide bonds. The van der Waals surface area contributed by atoms with Crippen molar-refractivity contribution in [1.29, 1.82) is 0 Å². The summed E-state index contributed by atoms with van der Waals surface area (Å²) in [7, 11) is 6.63. The molecule has 0 saturated heterocycles. The van der Waals surface area contributed by atoms with E-state index in [0.29, 0.717) is 74.9 Å². The van der Waals surface area contributed by atoms with Gasteiger partial charge in [0.05, 0.1) is 77.2 Å². The molecule has 21 rings (SSSR count). The molecule has 30 heteroatoms. The number of aromatic amines is 4. The van der Waals surface area contributed by atoms with Crippen LogP contribution in [0.5, 0.6) is 23.0 Å². The first-order valence-corrected chi connectivity index (χ1v) is 42.2. The summed E-state index contributed by atoms with van der Waals surface area (Å²) < 4.78 is 42.7. The van der Waals surface area contributed by atoms with Crippen LogP contribution in [-0.4, -0.2) is 135 Å². The van der Waals surface area contributed by atoms with E-state index in [9.17, 15) is 19.8 Å². The summed E-state index contributed by atoms with van der Waals surface area (Å²) in [6, 6.07) is 63.4. The Bertz CT molecular complexity index is 6540. The molecule has 16 aromatic rings. The Morgan fingerprint density at radius 2 is 0.823 bits per heavy atom. The number of anilines is 4. The molecule has 1 aliphatic carbocycles. The van der Waals surface area contributed by atoms with Crippen molar-refractivity contribution in [2.75, 3.05) is 61.3 Å². The third-order valence-corrected chi connectivity index (χ3v) is 24.2. The second-order valence-corrected chi connectivity index (χ2v) is 33.4. The number of methoxy groups -OCH3 is 4. The number of H-pyrrole nitrogens is 4. The molecule has 4 atom stereocenters. The molecule has 4 unspecified atom stereocenters. The van der Waals surface area contributed by atoms with E-state index in [-0.39, 0.29) is 44.5 Å². The summed E-state index contributed by atoms with van der Waals surface area (Å²) in [5.74, 6) is 4.95. The number of aliphatic hydroxyl groups excluding tert-OH is 2. The molecule has 130 heavy (non-hydrogen) atoms. The average Bonchev–Trinajstić information content (AvgIpc) is 1.54. The van der Waals surface area contributed by atoms with Crippen LogP contribution in [0.2, 0.25) is 0 Å². The summed E-state index contributed by atoms with van der Waals surface area (Å²) in [5, 5.41) is 66.6. The number of amides is 2. The number of benzene rings is 7. The van der Waals surface area contributed by atoms with Crippen LogP contribution in [0.4, 0.5) is 22.9 Å². The average molecular weight is 1740 g/mol. The molecular formula is C100H98N18O12. The summed E-state index contributed by atoms with van der Waals surface area (Å²) in [6.45, 7) is 22.4. The van der Waals surface area contributed by atoms with E-state index < -0.39 is 22.9 Å². The van der Waals surface area contributed by atoms with E-state index in [4.69, 9.17) is 37.0 Å². The molecule has 6 N–H and O–H groups in total. The number of ether oxygens (including phenoxy) is 4. The van der Waals surface area contributed by atoms with Gasteiger partial charge in [0.15, 0.2) is 11.4 Å². The second kappa shape index (κ2) is 35.7. The van der Waals surface area contributed by atoms with Crippen molar-refractivity contribution in [3.8, 4) is 68.2 Å². The van der Waals surface area contributed by atoms with Gasteiger partial charge in [0, 0.05) is 155 Å². The van der Waals surface area contributed by atoms with Crippen LogP contribution < -0.4 is 38.5 Å². The van der Waals surface area contributed by atoms with Crippen LogP contribution >= 0.6 is 0 Å². The lowest BCUT2D eigenvalue weighted by Gasteiger charge is -2.30. The number of rotatable bonds is 22. The van der Waals surface area contributed by atoms with Gasteiger partial charge < -0.3 is 57.1 Å². The SMILES string of the molecule is C.C=C1c2n[nH]c(C(C)C)c2C(c2ccccc2OC)N1c1ccc(-c2ccon2)cc1.C=C1c2n[nH]c(C3CC3)c2C(c2ccccc2OC)N1c1ccc(-c2noc(C)n2)cc1.COc1ccccc1C1c2c(n[nH]c2C(C)(C)CO)C(=O)N1c1ccc(-c2ccon2)cc1.COc1ccccc1C1c2c(n[nH]c2C(C)(C)CO)C(=O)N1c1ccc(-c2ccon2)cn1. The van der Waals surface area contributed by atoms with Crippen molar-refractivity contribution in [1.82, 2.24) is 71.4 Å². The molecule has 13 heterocycles. The Morgan fingerprint density at radius 1 is 0.446 bits per heavy atom. The predicted octanol–water partition coefficient (Wildman–Crippen LogP) is 19.2. The standard InChI is InChI=1S/C25H23N5O2.C25H24N4O4.C25H24N4O2.C24H23N5O4.CH4/c1-14-22-21(23(28-27-22)16-8-9-16)24(19-6-4-5-7-20(19)31-3)30(14)18-12-10-17(11-13-18)25-26-15(2)32-29-25;1-25(2,14-30)23-20-21(26-27-23)24(31)29(22(20)17-6-4-5-7-19(17)32-3)16-10-8-15(9-11-16)18-12-13-33-28-18;1-15(2)23-22-24(27-26-23)16(3)29(25(22)19-7-5-6-8-21(19)30-4)18-11-9-17(10-12-18)20-13-14-31-28-20;1-24(2,13-30)22-19-20(26-27-22)23(31)29(21(19)15-6-4-5-7-17(15)32-3)18-9-8-14(12-25-18)16-10-11-33-28-16;/h4-7,10-13,16,24H,1,8-9H2,2-3H3,(H,27,28);4-13,22,30H,14H2,1-3H3,(H,26,27);5-15,25H,3H2,1-2,4H3,(H,26,27);4-12,21,30H,13H2,1-3H3,(H,26,27);1H4. The largest absolute Gasteiger partial charge is 0.496 e. The number of aliphatic hydroxyl groups is 2. The van der Waals surface area contributed by atoms with E-state index in [1.165, 1.54) is 36.6 Å². The van der Waals surface area contributed by atoms with Crippen LogP contribution in [0.3, 0.4) is 0 Å². The lowest BCUT2D eigenvalue weighted by atomic mass is 9.84. The molecule has 1 saturated carbocycles. The number of nitrogens with one attached hydrogen (secondary N) is 4. The second-order valence-electron chi connectivity index (χ2n) is 33.4. The number of para-hydroxylation sites is 4. The summed E-state index contributed by atoms with van der Waals surface area (Å²) in [5.41, 5.74) is 22.9. The Balaban J connectivity index is 0.000000121. The fraction of sp³-hybridized carbons (Fsp3) is 0.240. The smallest absolute Gasteiger partial charge is 0.281 e. The molecule has 1 fully saturated rings. The van der Waals surface area contributed by atoms with E-state index in [0.717, 1.165) is 124 Å². The highest BCUT2D eigenvalue weighted by atomic mass is 16.5. The van der Waals surface area contributed by atoms with Crippen LogP contribution in [0.15, 0.2) is 256 Å². The number of nitrogens with zero attached hydrogens (tertiary/aromatic N) is 14. The number of pyridine rings is 1. The highest BCUT2D eigenvalue weighted by Gasteiger charge is 2.50. The normalized spacial score (nSPS) is 16.0. The van der Waals surface area contributed by atoms with Gasteiger partial charge in [0.25, 0.3) is 11.8 Å². The Hall–Kier alpha value is -15.6. The third-order valence-electron chi connectivity index (χ3n) is 24.2. The van der Waals surface area contributed by atoms with Crippen molar-refractivity contribution in [2.45, 2.75) is 116 Å². The number of hydrogen-bond acceptors (Lipinski definition) is 24. The van der Waals surface area contributed by atoms with Crippen molar-refractivity contribution in [3.63, 3.8) is 0 Å². The summed E-state index contributed by atoms with van der Waals surface area (Å²) in [6.07, 6.45) is 8.63. The lowest BCUT2D eigenvalue weighted by Crippen LogP contribution is -2.32. The summed E-state index contributed by atoms with van der Waals surface area (Å²) in [4.78, 5) is 44.0. The highest BCUT2D eigenvalue weighted by Crippen LogP contribution is 2.56. The third kappa shape index (κ3) is 15.6. The van der Waals surface area contributed by atoms with Gasteiger partial charge in [-0.2, -0.15) is 25.4 Å². The maximum absolute atomic E-state index is 13.6. The first-order chi connectivity index (χ1) is 62.7. The number of carbonyl (C=O) groups is 2. The van der Waals surface area contributed by atoms with Crippen LogP contribution in [-0.2, 0) is 10.8 Å². The fourth-order valence-electron chi connectivity index (χ4n) is 17.5. The number of aromatic nitrogens is 14. The van der Waals surface area contributed by atoms with Crippen molar-refractivity contribution < 1.29 is 56.8 Å². The number of fused-ring (bicyclic) bond motifs is 4. The Morgan fingerprint density at radius 3 is 1.22 bits per heavy atom. The van der Waals surface area contributed by atoms with Gasteiger partial charge in [-0.1, -0.05) is 180 Å². The van der Waals surface area contributed by atoms with E-state index >= 15 is 0 Å². The Labute approximate surface area is 749 Å². The van der Waals surface area contributed by atoms with E-state index in [1.807, 2.05) is 167 Å². The van der Waals surface area contributed by atoms with Gasteiger partial charge in [-0.3, -0.25) is 39.8 Å². The zero-order valence-corrected chi connectivity index (χ0v) is 72.8. The molecular weight excluding hydrogens is 1650 g/mol. The first-order valence-electron chi connectivity index (χ1n) is 42.2. The van der Waals surface area contributed by atoms with Crippen LogP contribution in [0.1, 0.15) is 203 Å². The van der Waals surface area contributed by atoms with E-state index in [1.54, 1.807) is 75.8 Å². The van der Waals surface area contributed by atoms with Gasteiger partial charge in [0.1, 0.15) is 76.1 Å². The maximum Gasteiger partial charge on any atom is 0.281 e. The van der Waals surface area contributed by atoms with Gasteiger partial charge in [-0.15, -0.1) is 0 Å². The van der Waals surface area contributed by atoms with Crippen molar-refractivity contribution in [2.24, 2.45) is 0 Å². The minimum Gasteiger partial charge on any atom is -0.496 e. The number of carbonyl (C=O) groups excluding carboxylic acids is 2. The predicted molar refractivity (Wildman–Crippen MR) is 491 cm³/mol. The fourth-order valence-corrected chi connectivity index (χ4v) is 17.5. The monoisotopic (exact) mass is 1740 g/mol. The van der Waals surface area contributed by atoms with Crippen LogP contribution in [0.25, 0.3) is 56.6 Å². The lowest BCUT2D eigenvalue weighted by molar-refractivity contribution is 0.0980. The molecule has 7 aromatic carbocycles. The first kappa shape index (κ1) is 86.6. The molecule has 0 bridgehead atoms. The molecule has 660 valence electrons. The minimum atomic E-state index is -0.638. The minimum absolute atomic E-state index is 0. The number of aryl methyl sites for hydroxylation is 1. The van der Waals surface area contributed by atoms with Crippen molar-refractivity contribution >= 4 is 46.1 Å². The van der Waals surface area contributed by atoms with Gasteiger partial charge in [-0.25, -0.2) is 4.98 Å². The molecule has 0 spiro atoms. The Kier molecular flexibility index (Phi) is 23.8. The molecule has 5 aliphatic rings. The topological polar surface area (TPSA) is 369 Å². The molecule has 30 nitrogen and oxygen atoms in total. The van der Waals surface area contributed by atoms with Crippen molar-refractivity contribution in [3.05, 3.63) is 334 Å². The zero-order valence-electron chi connectivity index (χ0n) is 72.8. The maximum atomic E-state index is 13.6. The van der Waals surface area contributed by atoms with Gasteiger partial charge >= 0.3 is 0 Å². The quantitative estimate of drug-likeness (QED) is 0.0367. The summed E-state index contributed by atoms with van der Waals surface area (Å²) >= 11 is 0. The van der Waals surface area contributed by atoms with Crippen LogP contribution in [0, 0.1) is 6.92 Å². The van der Waals surface area contributed by atoms with Gasteiger partial charge in [0.2, 0.25) is 11.7 Å².